The molecule has 0 radical (unpaired) electrons. The van der Waals surface area contributed by atoms with Crippen LogP contribution in [0.25, 0.3) is 0 Å². The lowest BCUT2D eigenvalue weighted by molar-refractivity contribution is -0.0254. The van der Waals surface area contributed by atoms with Crippen molar-refractivity contribution in [3.05, 3.63) is 47.5 Å². The van der Waals surface area contributed by atoms with Crippen molar-refractivity contribution in [3.63, 3.8) is 0 Å². The Morgan fingerprint density at radius 1 is 1.19 bits per heavy atom. The topological polar surface area (TPSA) is 9.23 Å². The van der Waals surface area contributed by atoms with Crippen LogP contribution in [0.1, 0.15) is 38.2 Å². The van der Waals surface area contributed by atoms with E-state index in [1.54, 1.807) is 0 Å². The summed E-state index contributed by atoms with van der Waals surface area (Å²) in [5.74, 6) is 0. The molecule has 0 spiro atoms. The first kappa shape index (κ1) is 10.1. The van der Waals surface area contributed by atoms with Gasteiger partial charge in [-0.2, -0.15) is 0 Å². The minimum Gasteiger partial charge on any atom is -0.359 e. The average Bonchev–Trinajstić information content (AvgIpc) is 2.68. The van der Waals surface area contributed by atoms with Crippen molar-refractivity contribution < 1.29 is 4.74 Å². The first-order chi connectivity index (χ1) is 7.78. The largest absolute Gasteiger partial charge is 0.359 e. The molecule has 16 heavy (non-hydrogen) atoms. The van der Waals surface area contributed by atoms with Gasteiger partial charge >= 0.3 is 0 Å². The minimum atomic E-state index is -0.189. The molecule has 1 aliphatic carbocycles. The zero-order valence-electron chi connectivity index (χ0n) is 9.78. The van der Waals surface area contributed by atoms with Gasteiger partial charge in [0.05, 0.1) is 6.10 Å². The Morgan fingerprint density at radius 2 is 2.00 bits per heavy atom. The molecule has 0 aromatic heterocycles. The number of hydrogen-bond acceptors (Lipinski definition) is 1. The molecular formula is C15H18O. The molecule has 0 bridgehead atoms. The molecule has 0 N–H and O–H groups in total. The maximum absolute atomic E-state index is 6.25. The molecule has 2 atom stereocenters. The summed E-state index contributed by atoms with van der Waals surface area (Å²) in [7, 11) is 0. The van der Waals surface area contributed by atoms with Crippen LogP contribution >= 0.6 is 0 Å². The Hall–Kier alpha value is -1.08. The molecule has 1 fully saturated rings. The zero-order valence-corrected chi connectivity index (χ0v) is 9.78. The van der Waals surface area contributed by atoms with E-state index in [2.05, 4.69) is 43.3 Å². The maximum Gasteiger partial charge on any atom is 0.110 e. The molecule has 1 aliphatic heterocycles. The number of rotatable bonds is 1. The lowest BCUT2D eigenvalue weighted by atomic mass is 9.90. The monoisotopic (exact) mass is 214 g/mol. The first-order valence-electron chi connectivity index (χ1n) is 6.23. The molecule has 1 aromatic carbocycles. The summed E-state index contributed by atoms with van der Waals surface area (Å²) in [6.07, 6.45) is 7.82. The van der Waals surface area contributed by atoms with E-state index >= 15 is 0 Å². The van der Waals surface area contributed by atoms with E-state index in [1.807, 2.05) is 0 Å². The van der Waals surface area contributed by atoms with Crippen molar-refractivity contribution in [3.8, 4) is 0 Å². The average molecular weight is 214 g/mol. The highest BCUT2D eigenvalue weighted by Gasteiger charge is 2.37. The molecule has 0 unspecified atom stereocenters. The van der Waals surface area contributed by atoms with Crippen molar-refractivity contribution in [2.24, 2.45) is 0 Å². The van der Waals surface area contributed by atoms with Crippen molar-refractivity contribution in [2.45, 2.75) is 44.3 Å². The molecule has 1 heteroatoms. The van der Waals surface area contributed by atoms with Crippen molar-refractivity contribution in [2.75, 3.05) is 0 Å². The Kier molecular flexibility index (Phi) is 2.36. The summed E-state index contributed by atoms with van der Waals surface area (Å²) in [4.78, 5) is 0. The molecular weight excluding hydrogens is 196 g/mol. The van der Waals surface area contributed by atoms with Gasteiger partial charge in [0.2, 0.25) is 0 Å². The maximum atomic E-state index is 6.25. The molecule has 2 aliphatic rings. The number of hydrogen-bond donors (Lipinski definition) is 0. The number of ether oxygens (including phenoxy) is 1. The van der Waals surface area contributed by atoms with Gasteiger partial charge in [0.25, 0.3) is 0 Å². The highest BCUT2D eigenvalue weighted by molar-refractivity contribution is 5.33. The Labute approximate surface area is 97.1 Å². The van der Waals surface area contributed by atoms with Crippen LogP contribution in [0.3, 0.4) is 0 Å². The Bertz CT molecular complexity index is 407. The lowest BCUT2D eigenvalue weighted by Gasteiger charge is -2.26. The highest BCUT2D eigenvalue weighted by Crippen LogP contribution is 2.42. The second-order valence-corrected chi connectivity index (χ2v) is 5.04. The van der Waals surface area contributed by atoms with Gasteiger partial charge in [0.1, 0.15) is 5.60 Å². The van der Waals surface area contributed by atoms with Crippen LogP contribution in [0.2, 0.25) is 0 Å². The van der Waals surface area contributed by atoms with Gasteiger partial charge in [-0.05, 0) is 43.4 Å². The van der Waals surface area contributed by atoms with Crippen LogP contribution in [0.5, 0.6) is 0 Å². The summed E-state index contributed by atoms with van der Waals surface area (Å²) >= 11 is 0. The van der Waals surface area contributed by atoms with E-state index in [4.69, 9.17) is 4.74 Å². The smallest absolute Gasteiger partial charge is 0.110 e. The third kappa shape index (κ3) is 1.60. The lowest BCUT2D eigenvalue weighted by Crippen LogP contribution is -2.24. The van der Waals surface area contributed by atoms with Gasteiger partial charge in [-0.1, -0.05) is 36.8 Å². The van der Waals surface area contributed by atoms with Crippen molar-refractivity contribution in [1.29, 1.82) is 0 Å². The summed E-state index contributed by atoms with van der Waals surface area (Å²) in [6.45, 7) is 2.19. The number of fused-ring (bicyclic) bond motifs is 1. The second-order valence-electron chi connectivity index (χ2n) is 5.04. The molecule has 1 aromatic rings. The van der Waals surface area contributed by atoms with E-state index in [1.165, 1.54) is 36.8 Å². The van der Waals surface area contributed by atoms with Crippen LogP contribution in [0, 0.1) is 0 Å². The van der Waals surface area contributed by atoms with E-state index in [9.17, 15) is 0 Å². The highest BCUT2D eigenvalue weighted by atomic mass is 16.5. The molecule has 0 saturated heterocycles. The van der Waals surface area contributed by atoms with Crippen LogP contribution in [-0.2, 0) is 10.3 Å². The van der Waals surface area contributed by atoms with Crippen LogP contribution in [0.15, 0.2) is 42.0 Å². The summed E-state index contributed by atoms with van der Waals surface area (Å²) in [5.41, 5.74) is 2.61. The first-order valence-corrected chi connectivity index (χ1v) is 6.23. The zero-order chi connectivity index (χ0) is 11.0. The third-order valence-corrected chi connectivity index (χ3v) is 3.79. The summed E-state index contributed by atoms with van der Waals surface area (Å²) in [6, 6.07) is 10.6. The Morgan fingerprint density at radius 3 is 2.75 bits per heavy atom. The standard InChI is InChI=1S/C15H18O/c1-15(13-8-3-2-4-9-13)11-12-7-5-6-10-14(12)16-15/h2-4,8-9,11,14H,5-7,10H2,1H3/t14-,15-/m1/s1. The van der Waals surface area contributed by atoms with Gasteiger partial charge in [-0.15, -0.1) is 0 Å². The van der Waals surface area contributed by atoms with Gasteiger partial charge in [0, 0.05) is 0 Å². The predicted octanol–water partition coefficient (Wildman–Crippen LogP) is 3.80. The molecule has 84 valence electrons. The summed E-state index contributed by atoms with van der Waals surface area (Å²) < 4.78 is 6.25. The predicted molar refractivity (Wildman–Crippen MR) is 65.2 cm³/mol. The van der Waals surface area contributed by atoms with Gasteiger partial charge in [-0.3, -0.25) is 0 Å². The fraction of sp³-hybridized carbons (Fsp3) is 0.467. The second kappa shape index (κ2) is 3.74. The SMILES string of the molecule is C[C@]1(c2ccccc2)C=C2CCCC[C@H]2O1. The fourth-order valence-corrected chi connectivity index (χ4v) is 2.91. The Balaban J connectivity index is 1.94. The number of benzene rings is 1. The summed E-state index contributed by atoms with van der Waals surface area (Å²) in [5, 5.41) is 0. The fourth-order valence-electron chi connectivity index (χ4n) is 2.91. The quantitative estimate of drug-likeness (QED) is 0.646. The van der Waals surface area contributed by atoms with E-state index in [0.29, 0.717) is 6.10 Å². The normalized spacial score (nSPS) is 33.3. The molecule has 0 amide bonds. The van der Waals surface area contributed by atoms with E-state index < -0.39 is 0 Å². The molecule has 1 saturated carbocycles. The van der Waals surface area contributed by atoms with Crippen LogP contribution in [0.4, 0.5) is 0 Å². The van der Waals surface area contributed by atoms with Gasteiger partial charge in [-0.25, -0.2) is 0 Å². The van der Waals surface area contributed by atoms with Crippen molar-refractivity contribution >= 4 is 0 Å². The van der Waals surface area contributed by atoms with E-state index in [0.717, 1.165) is 0 Å². The molecule has 1 nitrogen and oxygen atoms in total. The van der Waals surface area contributed by atoms with Gasteiger partial charge in [0.15, 0.2) is 0 Å². The molecule has 3 rings (SSSR count). The molecule has 1 heterocycles. The van der Waals surface area contributed by atoms with Crippen LogP contribution < -0.4 is 0 Å². The van der Waals surface area contributed by atoms with E-state index in [-0.39, 0.29) is 5.60 Å². The van der Waals surface area contributed by atoms with Gasteiger partial charge < -0.3 is 4.74 Å². The minimum absolute atomic E-state index is 0.189. The van der Waals surface area contributed by atoms with Crippen molar-refractivity contribution in [1.82, 2.24) is 0 Å². The van der Waals surface area contributed by atoms with Crippen LogP contribution in [-0.4, -0.2) is 6.10 Å². The third-order valence-electron chi connectivity index (χ3n) is 3.79.